The smallest absolute Gasteiger partial charge is 0.0638 e. The fourth-order valence-corrected chi connectivity index (χ4v) is 2.37. The predicted octanol–water partition coefficient (Wildman–Crippen LogP) is 1.72. The molecule has 0 N–H and O–H groups in total. The summed E-state index contributed by atoms with van der Waals surface area (Å²) in [6.07, 6.45) is 0.622. The van der Waals surface area contributed by atoms with Gasteiger partial charge in [0.2, 0.25) is 0 Å². The highest BCUT2D eigenvalue weighted by Crippen LogP contribution is 2.15. The average Bonchev–Trinajstić information content (AvgIpc) is 2.34. The summed E-state index contributed by atoms with van der Waals surface area (Å²) >= 11 is 0. The summed E-state index contributed by atoms with van der Waals surface area (Å²) in [6, 6.07) is 13.2. The second-order valence-electron chi connectivity index (χ2n) is 4.73. The SMILES string of the molecule is CN1CCN(Cc2ccccc2)C(CC#N)C1. The number of nitriles is 1. The van der Waals surface area contributed by atoms with Gasteiger partial charge in [0.1, 0.15) is 0 Å². The van der Waals surface area contributed by atoms with Crippen molar-refractivity contribution in [3.8, 4) is 6.07 Å². The second-order valence-corrected chi connectivity index (χ2v) is 4.73. The lowest BCUT2D eigenvalue weighted by Crippen LogP contribution is -2.51. The van der Waals surface area contributed by atoms with E-state index in [-0.39, 0.29) is 0 Å². The quantitative estimate of drug-likeness (QED) is 0.790. The van der Waals surface area contributed by atoms with Crippen LogP contribution in [0.25, 0.3) is 0 Å². The Morgan fingerprint density at radius 2 is 2.06 bits per heavy atom. The molecule has 2 rings (SSSR count). The molecular weight excluding hydrogens is 210 g/mol. The maximum atomic E-state index is 8.89. The van der Waals surface area contributed by atoms with Gasteiger partial charge in [-0.25, -0.2) is 0 Å². The van der Waals surface area contributed by atoms with Crippen molar-refractivity contribution in [1.29, 1.82) is 5.26 Å². The molecule has 17 heavy (non-hydrogen) atoms. The van der Waals surface area contributed by atoms with Crippen LogP contribution in [0.5, 0.6) is 0 Å². The summed E-state index contributed by atoms with van der Waals surface area (Å²) in [4.78, 5) is 4.74. The van der Waals surface area contributed by atoms with E-state index in [0.717, 1.165) is 26.2 Å². The fraction of sp³-hybridized carbons (Fsp3) is 0.500. The van der Waals surface area contributed by atoms with Gasteiger partial charge in [-0.3, -0.25) is 4.90 Å². The molecule has 1 aromatic rings. The first-order valence-corrected chi connectivity index (χ1v) is 6.13. The molecule has 90 valence electrons. The Labute approximate surface area is 103 Å². The van der Waals surface area contributed by atoms with Gasteiger partial charge in [0.05, 0.1) is 12.5 Å². The van der Waals surface area contributed by atoms with Crippen LogP contribution >= 0.6 is 0 Å². The Kier molecular flexibility index (Phi) is 4.13. The van der Waals surface area contributed by atoms with Crippen LogP contribution in [0.4, 0.5) is 0 Å². The molecule has 1 heterocycles. The number of hydrogen-bond acceptors (Lipinski definition) is 3. The molecule has 3 heteroatoms. The van der Waals surface area contributed by atoms with Gasteiger partial charge >= 0.3 is 0 Å². The van der Waals surface area contributed by atoms with E-state index >= 15 is 0 Å². The lowest BCUT2D eigenvalue weighted by Gasteiger charge is -2.39. The first-order chi connectivity index (χ1) is 8.29. The Balaban J connectivity index is 2.01. The third kappa shape index (κ3) is 3.29. The third-order valence-electron chi connectivity index (χ3n) is 3.36. The van der Waals surface area contributed by atoms with Crippen molar-refractivity contribution in [1.82, 2.24) is 9.80 Å². The van der Waals surface area contributed by atoms with E-state index in [4.69, 9.17) is 5.26 Å². The van der Waals surface area contributed by atoms with Gasteiger partial charge < -0.3 is 4.90 Å². The zero-order valence-corrected chi connectivity index (χ0v) is 10.3. The van der Waals surface area contributed by atoms with Crippen molar-refractivity contribution in [2.45, 2.75) is 19.0 Å². The van der Waals surface area contributed by atoms with Gasteiger partial charge in [0.25, 0.3) is 0 Å². The molecule has 1 fully saturated rings. The molecule has 0 amide bonds. The Hall–Kier alpha value is -1.37. The lowest BCUT2D eigenvalue weighted by molar-refractivity contribution is 0.0859. The minimum Gasteiger partial charge on any atom is -0.304 e. The minimum atomic E-state index is 0.374. The molecular formula is C14H19N3. The van der Waals surface area contributed by atoms with E-state index < -0.39 is 0 Å². The van der Waals surface area contributed by atoms with Crippen molar-refractivity contribution < 1.29 is 0 Å². The molecule has 0 aliphatic carbocycles. The van der Waals surface area contributed by atoms with E-state index in [1.165, 1.54) is 5.56 Å². The van der Waals surface area contributed by atoms with Gasteiger partial charge in [0.15, 0.2) is 0 Å². The summed E-state index contributed by atoms with van der Waals surface area (Å²) in [5, 5.41) is 8.89. The lowest BCUT2D eigenvalue weighted by atomic mass is 10.1. The van der Waals surface area contributed by atoms with Gasteiger partial charge in [0, 0.05) is 32.2 Å². The van der Waals surface area contributed by atoms with Crippen LogP contribution in [0.3, 0.4) is 0 Å². The number of likely N-dealkylation sites (N-methyl/N-ethyl adjacent to an activating group) is 1. The monoisotopic (exact) mass is 229 g/mol. The van der Waals surface area contributed by atoms with Gasteiger partial charge in [-0.15, -0.1) is 0 Å². The maximum Gasteiger partial charge on any atom is 0.0638 e. The standard InChI is InChI=1S/C14H19N3/c1-16-9-10-17(14(12-16)7-8-15)11-13-5-3-2-4-6-13/h2-6,14H,7,9-12H2,1H3. The third-order valence-corrected chi connectivity index (χ3v) is 3.36. The Morgan fingerprint density at radius 1 is 1.29 bits per heavy atom. The molecule has 0 saturated carbocycles. The largest absolute Gasteiger partial charge is 0.304 e. The molecule has 1 aliphatic rings. The Bertz CT molecular complexity index is 382. The summed E-state index contributed by atoms with van der Waals surface area (Å²) in [7, 11) is 2.13. The van der Waals surface area contributed by atoms with E-state index in [1.807, 2.05) is 6.07 Å². The predicted molar refractivity (Wildman–Crippen MR) is 68.4 cm³/mol. The number of benzene rings is 1. The first-order valence-electron chi connectivity index (χ1n) is 6.13. The topological polar surface area (TPSA) is 30.3 Å². The van der Waals surface area contributed by atoms with Gasteiger partial charge in [-0.05, 0) is 12.6 Å². The van der Waals surface area contributed by atoms with E-state index in [9.17, 15) is 0 Å². The van der Waals surface area contributed by atoms with Crippen LogP contribution in [0.15, 0.2) is 30.3 Å². The summed E-state index contributed by atoms with van der Waals surface area (Å²) < 4.78 is 0. The minimum absolute atomic E-state index is 0.374. The summed E-state index contributed by atoms with van der Waals surface area (Å²) in [5.41, 5.74) is 1.33. The van der Waals surface area contributed by atoms with Crippen molar-refractivity contribution in [3.05, 3.63) is 35.9 Å². The fourth-order valence-electron chi connectivity index (χ4n) is 2.37. The highest BCUT2D eigenvalue weighted by atomic mass is 15.3. The molecule has 0 aromatic heterocycles. The van der Waals surface area contributed by atoms with E-state index in [0.29, 0.717) is 12.5 Å². The van der Waals surface area contributed by atoms with Crippen molar-refractivity contribution >= 4 is 0 Å². The zero-order valence-electron chi connectivity index (χ0n) is 10.3. The molecule has 1 aromatic carbocycles. The molecule has 3 nitrogen and oxygen atoms in total. The molecule has 1 unspecified atom stereocenters. The number of piperazine rings is 1. The zero-order chi connectivity index (χ0) is 12.1. The van der Waals surface area contributed by atoms with Crippen LogP contribution in [-0.4, -0.2) is 42.5 Å². The number of rotatable bonds is 3. The van der Waals surface area contributed by atoms with Crippen LogP contribution < -0.4 is 0 Å². The van der Waals surface area contributed by atoms with E-state index in [2.05, 4.69) is 47.2 Å². The van der Waals surface area contributed by atoms with Crippen molar-refractivity contribution in [2.24, 2.45) is 0 Å². The molecule has 0 bridgehead atoms. The van der Waals surface area contributed by atoms with Crippen LogP contribution in [0, 0.1) is 11.3 Å². The molecule has 0 spiro atoms. The summed E-state index contributed by atoms with van der Waals surface area (Å²) in [6.45, 7) is 4.11. The first kappa shape index (κ1) is 12.1. The van der Waals surface area contributed by atoms with Gasteiger partial charge in [-0.1, -0.05) is 30.3 Å². The Morgan fingerprint density at radius 3 is 2.76 bits per heavy atom. The molecule has 0 radical (unpaired) electrons. The number of nitrogens with zero attached hydrogens (tertiary/aromatic N) is 3. The van der Waals surface area contributed by atoms with Crippen LogP contribution in [0.2, 0.25) is 0 Å². The average molecular weight is 229 g/mol. The van der Waals surface area contributed by atoms with Crippen molar-refractivity contribution in [3.63, 3.8) is 0 Å². The highest BCUT2D eigenvalue weighted by molar-refractivity contribution is 5.14. The van der Waals surface area contributed by atoms with Crippen LogP contribution in [0.1, 0.15) is 12.0 Å². The van der Waals surface area contributed by atoms with Crippen LogP contribution in [-0.2, 0) is 6.54 Å². The maximum absolute atomic E-state index is 8.89. The second kappa shape index (κ2) is 5.81. The normalized spacial score (nSPS) is 22.2. The highest BCUT2D eigenvalue weighted by Gasteiger charge is 2.24. The molecule has 1 aliphatic heterocycles. The van der Waals surface area contributed by atoms with Gasteiger partial charge in [-0.2, -0.15) is 5.26 Å². The van der Waals surface area contributed by atoms with Crippen molar-refractivity contribution in [2.75, 3.05) is 26.7 Å². The molecule has 1 atom stereocenters. The summed E-state index contributed by atoms with van der Waals surface area (Å²) in [5.74, 6) is 0. The van der Waals surface area contributed by atoms with E-state index in [1.54, 1.807) is 0 Å². The number of hydrogen-bond donors (Lipinski definition) is 0. The molecule has 1 saturated heterocycles.